The molecule has 1 aliphatic rings. The van der Waals surface area contributed by atoms with Gasteiger partial charge in [-0.3, -0.25) is 4.98 Å². The van der Waals surface area contributed by atoms with Gasteiger partial charge in [-0.05, 0) is 19.9 Å². The molecule has 0 radical (unpaired) electrons. The summed E-state index contributed by atoms with van der Waals surface area (Å²) < 4.78 is 0. The van der Waals surface area contributed by atoms with Crippen molar-refractivity contribution in [3.05, 3.63) is 23.5 Å². The van der Waals surface area contributed by atoms with E-state index in [0.717, 1.165) is 11.4 Å². The molecule has 11 heavy (non-hydrogen) atoms. The van der Waals surface area contributed by atoms with E-state index in [0.29, 0.717) is 6.04 Å². The molecule has 0 aliphatic carbocycles. The zero-order valence-corrected chi connectivity index (χ0v) is 6.68. The van der Waals surface area contributed by atoms with Gasteiger partial charge in [0.25, 0.3) is 0 Å². The summed E-state index contributed by atoms with van der Waals surface area (Å²) in [6.45, 7) is 4.10. The minimum Gasteiger partial charge on any atom is -0.320 e. The van der Waals surface area contributed by atoms with Crippen LogP contribution in [-0.4, -0.2) is 4.98 Å². The summed E-state index contributed by atoms with van der Waals surface area (Å²) >= 11 is 0. The van der Waals surface area contributed by atoms with Crippen LogP contribution in [0.15, 0.2) is 12.3 Å². The normalized spacial score (nSPS) is 21.1. The Labute approximate surface area is 65.8 Å². The Morgan fingerprint density at radius 3 is 3.18 bits per heavy atom. The van der Waals surface area contributed by atoms with Crippen molar-refractivity contribution in [1.29, 1.82) is 0 Å². The number of aromatic nitrogens is 1. The van der Waals surface area contributed by atoms with Crippen molar-refractivity contribution in [2.45, 2.75) is 19.9 Å². The lowest BCUT2D eigenvalue weighted by Crippen LogP contribution is -2.15. The van der Waals surface area contributed by atoms with Crippen LogP contribution < -0.4 is 10.9 Å². The molecular formula is C8H11N3. The highest BCUT2D eigenvalue weighted by Gasteiger charge is 2.16. The number of nitrogens with one attached hydrogen (secondary N) is 2. The van der Waals surface area contributed by atoms with Crippen molar-refractivity contribution in [3.8, 4) is 0 Å². The van der Waals surface area contributed by atoms with Gasteiger partial charge in [0.1, 0.15) is 0 Å². The third kappa shape index (κ3) is 0.973. The minimum atomic E-state index is 0.373. The fraction of sp³-hybridized carbons (Fsp3) is 0.375. The standard InChI is InChI=1S/C8H11N3/c1-5-3-8-7(4-9-5)6(2)10-11-8/h3-4,6,10-11H,1-2H3. The van der Waals surface area contributed by atoms with Gasteiger partial charge in [0, 0.05) is 17.5 Å². The summed E-state index contributed by atoms with van der Waals surface area (Å²) in [4.78, 5) is 4.22. The lowest BCUT2D eigenvalue weighted by molar-refractivity contribution is 0.685. The molecule has 1 atom stereocenters. The van der Waals surface area contributed by atoms with E-state index in [4.69, 9.17) is 0 Å². The summed E-state index contributed by atoms with van der Waals surface area (Å²) in [6.07, 6.45) is 1.92. The van der Waals surface area contributed by atoms with Crippen LogP contribution in [0.4, 0.5) is 5.69 Å². The van der Waals surface area contributed by atoms with Gasteiger partial charge in [-0.25, -0.2) is 5.43 Å². The molecule has 0 saturated heterocycles. The Bertz CT molecular complexity index is 283. The first-order valence-electron chi connectivity index (χ1n) is 3.75. The van der Waals surface area contributed by atoms with Gasteiger partial charge in [0.2, 0.25) is 0 Å². The largest absolute Gasteiger partial charge is 0.320 e. The van der Waals surface area contributed by atoms with Gasteiger partial charge in [-0.15, -0.1) is 0 Å². The smallest absolute Gasteiger partial charge is 0.0569 e. The molecule has 0 aromatic carbocycles. The summed E-state index contributed by atoms with van der Waals surface area (Å²) in [7, 11) is 0. The molecule has 0 fully saturated rings. The van der Waals surface area contributed by atoms with Gasteiger partial charge >= 0.3 is 0 Å². The monoisotopic (exact) mass is 149 g/mol. The number of rotatable bonds is 0. The number of aryl methyl sites for hydroxylation is 1. The molecule has 58 valence electrons. The second kappa shape index (κ2) is 2.20. The van der Waals surface area contributed by atoms with E-state index in [2.05, 4.69) is 22.8 Å². The summed E-state index contributed by atoms with van der Waals surface area (Å²) in [5.41, 5.74) is 9.67. The topological polar surface area (TPSA) is 37.0 Å². The average molecular weight is 149 g/mol. The summed E-state index contributed by atoms with van der Waals surface area (Å²) in [6, 6.07) is 2.42. The molecule has 1 aliphatic heterocycles. The Morgan fingerprint density at radius 1 is 1.55 bits per heavy atom. The van der Waals surface area contributed by atoms with Gasteiger partial charge in [0.05, 0.1) is 11.7 Å². The Kier molecular flexibility index (Phi) is 1.32. The first-order valence-corrected chi connectivity index (χ1v) is 3.75. The highest BCUT2D eigenvalue weighted by atomic mass is 15.4. The van der Waals surface area contributed by atoms with Crippen LogP contribution in [0.1, 0.15) is 24.2 Å². The van der Waals surface area contributed by atoms with Crippen molar-refractivity contribution >= 4 is 5.69 Å². The molecule has 2 heterocycles. The number of hydrogen-bond acceptors (Lipinski definition) is 3. The Morgan fingerprint density at radius 2 is 2.36 bits per heavy atom. The molecule has 0 spiro atoms. The molecule has 2 N–H and O–H groups in total. The number of fused-ring (bicyclic) bond motifs is 1. The van der Waals surface area contributed by atoms with E-state index in [1.54, 1.807) is 0 Å². The maximum atomic E-state index is 4.22. The lowest BCUT2D eigenvalue weighted by atomic mass is 10.1. The third-order valence-electron chi connectivity index (χ3n) is 1.96. The van der Waals surface area contributed by atoms with Gasteiger partial charge in [-0.2, -0.15) is 0 Å². The predicted molar refractivity (Wildman–Crippen MR) is 44.1 cm³/mol. The second-order valence-electron chi connectivity index (χ2n) is 2.90. The molecule has 1 aromatic rings. The van der Waals surface area contributed by atoms with Crippen molar-refractivity contribution in [2.24, 2.45) is 0 Å². The maximum Gasteiger partial charge on any atom is 0.0569 e. The highest BCUT2D eigenvalue weighted by Crippen LogP contribution is 2.26. The Hall–Kier alpha value is -1.09. The molecule has 3 heteroatoms. The number of hydrazine groups is 1. The number of anilines is 1. The van der Waals surface area contributed by atoms with E-state index in [9.17, 15) is 0 Å². The quantitative estimate of drug-likeness (QED) is 0.585. The fourth-order valence-electron chi connectivity index (χ4n) is 1.29. The molecule has 1 unspecified atom stereocenters. The summed E-state index contributed by atoms with van der Waals surface area (Å²) in [5.74, 6) is 0. The van der Waals surface area contributed by atoms with Crippen molar-refractivity contribution in [3.63, 3.8) is 0 Å². The lowest BCUT2D eigenvalue weighted by Gasteiger charge is -2.00. The minimum absolute atomic E-state index is 0.373. The van der Waals surface area contributed by atoms with Crippen molar-refractivity contribution < 1.29 is 0 Å². The zero-order chi connectivity index (χ0) is 7.84. The molecule has 2 rings (SSSR count). The Balaban J connectivity index is 2.50. The molecule has 1 aromatic heterocycles. The average Bonchev–Trinajstić information content (AvgIpc) is 2.32. The fourth-order valence-corrected chi connectivity index (χ4v) is 1.29. The van der Waals surface area contributed by atoms with E-state index in [-0.39, 0.29) is 0 Å². The molecule has 3 nitrogen and oxygen atoms in total. The van der Waals surface area contributed by atoms with E-state index >= 15 is 0 Å². The van der Waals surface area contributed by atoms with Crippen LogP contribution in [0.25, 0.3) is 0 Å². The third-order valence-corrected chi connectivity index (χ3v) is 1.96. The second-order valence-corrected chi connectivity index (χ2v) is 2.90. The van der Waals surface area contributed by atoms with E-state index in [1.165, 1.54) is 5.56 Å². The van der Waals surface area contributed by atoms with Crippen LogP contribution >= 0.6 is 0 Å². The van der Waals surface area contributed by atoms with Crippen LogP contribution in [0, 0.1) is 6.92 Å². The molecular weight excluding hydrogens is 138 g/mol. The van der Waals surface area contributed by atoms with Crippen molar-refractivity contribution in [1.82, 2.24) is 10.4 Å². The number of nitrogens with zero attached hydrogens (tertiary/aromatic N) is 1. The van der Waals surface area contributed by atoms with Crippen LogP contribution in [0.3, 0.4) is 0 Å². The zero-order valence-electron chi connectivity index (χ0n) is 6.68. The first-order chi connectivity index (χ1) is 5.27. The van der Waals surface area contributed by atoms with E-state index in [1.807, 2.05) is 19.2 Å². The van der Waals surface area contributed by atoms with Crippen molar-refractivity contribution in [2.75, 3.05) is 5.43 Å². The SMILES string of the molecule is Cc1cc2c(cn1)C(C)NN2. The van der Waals surface area contributed by atoms with Crippen LogP contribution in [-0.2, 0) is 0 Å². The first kappa shape index (κ1) is 6.61. The number of pyridine rings is 1. The van der Waals surface area contributed by atoms with E-state index < -0.39 is 0 Å². The molecule has 0 saturated carbocycles. The predicted octanol–water partition coefficient (Wildman–Crippen LogP) is 1.38. The molecule has 0 bridgehead atoms. The molecule has 0 amide bonds. The number of hydrogen-bond donors (Lipinski definition) is 2. The van der Waals surface area contributed by atoms with Crippen LogP contribution in [0.2, 0.25) is 0 Å². The highest BCUT2D eigenvalue weighted by molar-refractivity contribution is 5.55. The maximum absolute atomic E-state index is 4.22. The van der Waals surface area contributed by atoms with Gasteiger partial charge < -0.3 is 5.43 Å². The van der Waals surface area contributed by atoms with Gasteiger partial charge in [-0.1, -0.05) is 0 Å². The van der Waals surface area contributed by atoms with Gasteiger partial charge in [0.15, 0.2) is 0 Å². The van der Waals surface area contributed by atoms with Crippen LogP contribution in [0.5, 0.6) is 0 Å². The summed E-state index contributed by atoms with van der Waals surface area (Å²) in [5, 5.41) is 0.